The number of carbonyl (C=O) groups excluding carboxylic acids is 2. The zero-order valence-corrected chi connectivity index (χ0v) is 21.0. The number of guanidine groups is 1. The van der Waals surface area contributed by atoms with E-state index in [1.807, 2.05) is 60.4 Å². The Balaban J connectivity index is 0.00000363. The average molecular weight is 549 g/mol. The molecular weight excluding hydrogens is 517 g/mol. The summed E-state index contributed by atoms with van der Waals surface area (Å²) < 4.78 is 0. The van der Waals surface area contributed by atoms with Crippen molar-refractivity contribution in [3.8, 4) is 0 Å². The minimum atomic E-state index is -0.0789. The predicted octanol–water partition coefficient (Wildman–Crippen LogP) is 3.09. The Kier molecular flexibility index (Phi) is 10.5. The predicted molar refractivity (Wildman–Crippen MR) is 140 cm³/mol. The van der Waals surface area contributed by atoms with Gasteiger partial charge < -0.3 is 20.9 Å². The Hall–Kier alpha value is -2.62. The van der Waals surface area contributed by atoms with E-state index in [1.54, 1.807) is 7.05 Å². The molecule has 0 aliphatic carbocycles. The van der Waals surface area contributed by atoms with Crippen molar-refractivity contribution < 1.29 is 9.59 Å². The molecule has 0 atom stereocenters. The number of rotatable bonds is 8. The molecule has 3 rings (SSSR count). The molecule has 0 saturated carbocycles. The molecular formula is C24H32IN5O2. The molecule has 1 aliphatic rings. The zero-order chi connectivity index (χ0) is 22.1. The maximum absolute atomic E-state index is 11.9. The van der Waals surface area contributed by atoms with E-state index in [-0.39, 0.29) is 35.8 Å². The van der Waals surface area contributed by atoms with Crippen molar-refractivity contribution in [2.45, 2.75) is 32.7 Å². The van der Waals surface area contributed by atoms with Crippen LogP contribution in [0.15, 0.2) is 53.5 Å². The van der Waals surface area contributed by atoms with Crippen LogP contribution in [-0.4, -0.2) is 44.5 Å². The van der Waals surface area contributed by atoms with Gasteiger partial charge in [-0.3, -0.25) is 9.59 Å². The Labute approximate surface area is 207 Å². The van der Waals surface area contributed by atoms with Crippen molar-refractivity contribution in [3.05, 3.63) is 65.2 Å². The van der Waals surface area contributed by atoms with E-state index < -0.39 is 0 Å². The second kappa shape index (κ2) is 13.0. The van der Waals surface area contributed by atoms with Gasteiger partial charge in [0, 0.05) is 44.4 Å². The number of aliphatic imine (C=N–C) groups is 1. The lowest BCUT2D eigenvalue weighted by atomic mass is 10.1. The van der Waals surface area contributed by atoms with E-state index >= 15 is 0 Å². The second-order valence-electron chi connectivity index (χ2n) is 7.47. The standard InChI is InChI=1S/C24H31N5O2.HI/c1-3-26-24(27-14-13-18-6-4-7-20(16-18)23(31)25-2)28-17-19-9-11-21(12-10-19)29-15-5-8-22(29)30;/h4,6-7,9-12,16H,3,5,8,13-15,17H2,1-2H3,(H,25,31)(H2,26,27,28);1H. The lowest BCUT2D eigenvalue weighted by molar-refractivity contribution is -0.117. The van der Waals surface area contributed by atoms with Crippen LogP contribution in [0.2, 0.25) is 0 Å². The number of benzene rings is 2. The Bertz CT molecular complexity index is 930. The van der Waals surface area contributed by atoms with Gasteiger partial charge in [0.05, 0.1) is 6.54 Å². The lowest BCUT2D eigenvalue weighted by Gasteiger charge is -2.16. The number of hydrogen-bond donors (Lipinski definition) is 3. The van der Waals surface area contributed by atoms with Crippen LogP contribution in [-0.2, 0) is 17.8 Å². The van der Waals surface area contributed by atoms with E-state index in [0.717, 1.165) is 48.7 Å². The molecule has 8 heteroatoms. The van der Waals surface area contributed by atoms with Gasteiger partial charge in [-0.05, 0) is 55.2 Å². The topological polar surface area (TPSA) is 85.8 Å². The van der Waals surface area contributed by atoms with E-state index in [1.165, 1.54) is 0 Å². The van der Waals surface area contributed by atoms with E-state index in [9.17, 15) is 9.59 Å². The smallest absolute Gasteiger partial charge is 0.251 e. The molecule has 1 fully saturated rings. The van der Waals surface area contributed by atoms with E-state index in [0.29, 0.717) is 25.1 Å². The first kappa shape index (κ1) is 25.6. The van der Waals surface area contributed by atoms with Gasteiger partial charge >= 0.3 is 0 Å². The molecule has 1 saturated heterocycles. The number of hydrogen-bond acceptors (Lipinski definition) is 3. The molecule has 0 radical (unpaired) electrons. The van der Waals surface area contributed by atoms with E-state index in [4.69, 9.17) is 0 Å². The van der Waals surface area contributed by atoms with Crippen molar-refractivity contribution in [1.82, 2.24) is 16.0 Å². The first-order valence-corrected chi connectivity index (χ1v) is 10.8. The molecule has 1 aliphatic heterocycles. The summed E-state index contributed by atoms with van der Waals surface area (Å²) >= 11 is 0. The van der Waals surface area contributed by atoms with Crippen molar-refractivity contribution in [1.29, 1.82) is 0 Å². The highest BCUT2D eigenvalue weighted by atomic mass is 127. The summed E-state index contributed by atoms with van der Waals surface area (Å²) in [6.45, 7) is 4.87. The Morgan fingerprint density at radius 2 is 1.88 bits per heavy atom. The number of nitrogens with zero attached hydrogens (tertiary/aromatic N) is 2. The van der Waals surface area contributed by atoms with Crippen LogP contribution >= 0.6 is 24.0 Å². The minimum Gasteiger partial charge on any atom is -0.357 e. The average Bonchev–Trinajstić information content (AvgIpc) is 3.23. The first-order valence-electron chi connectivity index (χ1n) is 10.8. The summed E-state index contributed by atoms with van der Waals surface area (Å²) in [4.78, 5) is 30.2. The van der Waals surface area contributed by atoms with Crippen LogP contribution in [0.4, 0.5) is 5.69 Å². The molecule has 2 amide bonds. The molecule has 0 bridgehead atoms. The third kappa shape index (κ3) is 7.22. The van der Waals surface area contributed by atoms with Gasteiger partial charge in [0.1, 0.15) is 0 Å². The monoisotopic (exact) mass is 549 g/mol. The number of anilines is 1. The summed E-state index contributed by atoms with van der Waals surface area (Å²) in [6, 6.07) is 15.7. The van der Waals surface area contributed by atoms with Crippen molar-refractivity contribution in [2.24, 2.45) is 4.99 Å². The van der Waals surface area contributed by atoms with Crippen LogP contribution in [0.5, 0.6) is 0 Å². The van der Waals surface area contributed by atoms with Gasteiger partial charge in [0.2, 0.25) is 5.91 Å². The van der Waals surface area contributed by atoms with Gasteiger partial charge in [-0.2, -0.15) is 0 Å². The summed E-state index contributed by atoms with van der Waals surface area (Å²) in [7, 11) is 1.63. The molecule has 0 unspecified atom stereocenters. The molecule has 3 N–H and O–H groups in total. The maximum Gasteiger partial charge on any atom is 0.251 e. The molecule has 32 heavy (non-hydrogen) atoms. The largest absolute Gasteiger partial charge is 0.357 e. The molecule has 172 valence electrons. The van der Waals surface area contributed by atoms with Gasteiger partial charge in [0.25, 0.3) is 5.91 Å². The first-order chi connectivity index (χ1) is 15.1. The van der Waals surface area contributed by atoms with Crippen LogP contribution in [0.3, 0.4) is 0 Å². The lowest BCUT2D eigenvalue weighted by Crippen LogP contribution is -2.38. The van der Waals surface area contributed by atoms with E-state index in [2.05, 4.69) is 20.9 Å². The third-order valence-electron chi connectivity index (χ3n) is 5.21. The summed E-state index contributed by atoms with van der Waals surface area (Å²) in [5, 5.41) is 9.26. The minimum absolute atomic E-state index is 0. The Morgan fingerprint density at radius 1 is 1.09 bits per heavy atom. The van der Waals surface area contributed by atoms with Gasteiger partial charge in [0.15, 0.2) is 5.96 Å². The fourth-order valence-electron chi connectivity index (χ4n) is 3.55. The van der Waals surface area contributed by atoms with Crippen LogP contribution in [0.1, 0.15) is 41.3 Å². The highest BCUT2D eigenvalue weighted by Gasteiger charge is 2.21. The molecule has 0 spiro atoms. The fraction of sp³-hybridized carbons (Fsp3) is 0.375. The summed E-state index contributed by atoms with van der Waals surface area (Å²) in [6.07, 6.45) is 2.35. The molecule has 1 heterocycles. The summed E-state index contributed by atoms with van der Waals surface area (Å²) in [5.74, 6) is 0.874. The van der Waals surface area contributed by atoms with Crippen molar-refractivity contribution >= 4 is 47.4 Å². The van der Waals surface area contributed by atoms with Gasteiger partial charge in [-0.25, -0.2) is 4.99 Å². The van der Waals surface area contributed by atoms with Crippen LogP contribution < -0.4 is 20.9 Å². The molecule has 0 aromatic heterocycles. The number of halogens is 1. The summed E-state index contributed by atoms with van der Waals surface area (Å²) in [5.41, 5.74) is 3.81. The van der Waals surface area contributed by atoms with Crippen LogP contribution in [0.25, 0.3) is 0 Å². The SMILES string of the molecule is CCNC(=NCc1ccc(N2CCCC2=O)cc1)NCCc1cccc(C(=O)NC)c1.I. The second-order valence-corrected chi connectivity index (χ2v) is 7.47. The normalized spacial score (nSPS) is 13.5. The third-order valence-corrected chi connectivity index (χ3v) is 5.21. The van der Waals surface area contributed by atoms with Crippen molar-refractivity contribution in [2.75, 3.05) is 31.6 Å². The molecule has 7 nitrogen and oxygen atoms in total. The maximum atomic E-state index is 11.9. The fourth-order valence-corrected chi connectivity index (χ4v) is 3.55. The van der Waals surface area contributed by atoms with Gasteiger partial charge in [-0.15, -0.1) is 24.0 Å². The van der Waals surface area contributed by atoms with Crippen molar-refractivity contribution in [3.63, 3.8) is 0 Å². The highest BCUT2D eigenvalue weighted by Crippen LogP contribution is 2.21. The quantitative estimate of drug-likeness (QED) is 0.269. The number of nitrogens with one attached hydrogen (secondary N) is 3. The number of carbonyl (C=O) groups is 2. The molecule has 2 aromatic carbocycles. The molecule has 2 aromatic rings. The zero-order valence-electron chi connectivity index (χ0n) is 18.7. The van der Waals surface area contributed by atoms with Crippen LogP contribution in [0, 0.1) is 0 Å². The van der Waals surface area contributed by atoms with Gasteiger partial charge in [-0.1, -0.05) is 24.3 Å². The highest BCUT2D eigenvalue weighted by molar-refractivity contribution is 14.0. The Morgan fingerprint density at radius 3 is 2.53 bits per heavy atom. The number of amides is 2.